The van der Waals surface area contributed by atoms with Crippen molar-refractivity contribution in [2.24, 2.45) is 0 Å². The van der Waals surface area contributed by atoms with E-state index in [4.69, 9.17) is 16.0 Å². The Labute approximate surface area is 201 Å². The van der Waals surface area contributed by atoms with E-state index in [0.29, 0.717) is 0 Å². The Morgan fingerprint density at radius 3 is 1.53 bits per heavy atom. The highest BCUT2D eigenvalue weighted by molar-refractivity contribution is 6.35. The molecule has 0 N–H and O–H groups in total. The molecule has 2 heteroatoms. The van der Waals surface area contributed by atoms with Gasteiger partial charge in [-0.05, 0) is 56.4 Å². The first kappa shape index (κ1) is 19.4. The third kappa shape index (κ3) is 2.74. The van der Waals surface area contributed by atoms with Gasteiger partial charge < -0.3 is 4.42 Å². The van der Waals surface area contributed by atoms with E-state index >= 15 is 0 Å². The average Bonchev–Trinajstić information content (AvgIpc) is 3.27. The predicted molar refractivity (Wildman–Crippen MR) is 145 cm³/mol. The van der Waals surface area contributed by atoms with Crippen molar-refractivity contribution < 1.29 is 4.42 Å². The maximum atomic E-state index is 6.73. The standard InChI is InChI=1S/C32H19ClO/c33-27-17-7-5-14-24(27)30-20-10-1-3-12-22(20)31(23-13-4-2-11-21(23)30)26-16-9-19-29-32(26)25-15-6-8-18-28(25)34-29/h1-19H. The molecule has 0 bridgehead atoms. The highest BCUT2D eigenvalue weighted by Crippen LogP contribution is 2.47. The number of fused-ring (bicyclic) bond motifs is 5. The second kappa shape index (κ2) is 7.48. The normalized spacial score (nSPS) is 11.7. The van der Waals surface area contributed by atoms with Gasteiger partial charge in [0, 0.05) is 21.4 Å². The van der Waals surface area contributed by atoms with Crippen LogP contribution in [0, 0.1) is 0 Å². The van der Waals surface area contributed by atoms with Gasteiger partial charge in [-0.3, -0.25) is 0 Å². The number of hydrogen-bond acceptors (Lipinski definition) is 1. The van der Waals surface area contributed by atoms with Gasteiger partial charge in [-0.15, -0.1) is 0 Å². The minimum atomic E-state index is 0.758. The summed E-state index contributed by atoms with van der Waals surface area (Å²) in [4.78, 5) is 0. The first-order valence-electron chi connectivity index (χ1n) is 11.4. The molecular formula is C32H19ClO. The zero-order valence-corrected chi connectivity index (χ0v) is 19.0. The summed E-state index contributed by atoms with van der Waals surface area (Å²) in [5.74, 6) is 0. The summed E-state index contributed by atoms with van der Waals surface area (Å²) < 4.78 is 6.23. The van der Waals surface area contributed by atoms with Gasteiger partial charge in [0.15, 0.2) is 0 Å². The van der Waals surface area contributed by atoms with Gasteiger partial charge in [-0.1, -0.05) is 109 Å². The van der Waals surface area contributed by atoms with Gasteiger partial charge in [0.25, 0.3) is 0 Å². The summed E-state index contributed by atoms with van der Waals surface area (Å²) >= 11 is 6.73. The second-order valence-electron chi connectivity index (χ2n) is 8.60. The van der Waals surface area contributed by atoms with Crippen molar-refractivity contribution in [3.05, 3.63) is 120 Å². The second-order valence-corrected chi connectivity index (χ2v) is 9.01. The van der Waals surface area contributed by atoms with Crippen molar-refractivity contribution in [3.8, 4) is 22.3 Å². The maximum Gasteiger partial charge on any atom is 0.136 e. The van der Waals surface area contributed by atoms with Gasteiger partial charge in [0.2, 0.25) is 0 Å². The quantitative estimate of drug-likeness (QED) is 0.237. The summed E-state index contributed by atoms with van der Waals surface area (Å²) in [6.45, 7) is 0. The van der Waals surface area contributed by atoms with Crippen LogP contribution in [0.2, 0.25) is 5.02 Å². The van der Waals surface area contributed by atoms with Crippen molar-refractivity contribution in [3.63, 3.8) is 0 Å². The predicted octanol–water partition coefficient (Wildman–Crippen LogP) is 9.88. The highest BCUT2D eigenvalue weighted by Gasteiger charge is 2.20. The van der Waals surface area contributed by atoms with E-state index in [9.17, 15) is 0 Å². The molecule has 0 fully saturated rings. The SMILES string of the molecule is Clc1ccccc1-c1c2ccccc2c(-c2cccc3oc4ccccc4c23)c2ccccc12. The molecule has 0 amide bonds. The number of hydrogen-bond donors (Lipinski definition) is 0. The number of para-hydroxylation sites is 1. The number of rotatable bonds is 2. The minimum Gasteiger partial charge on any atom is -0.456 e. The Morgan fingerprint density at radius 2 is 0.882 bits per heavy atom. The smallest absolute Gasteiger partial charge is 0.136 e. The molecule has 0 radical (unpaired) electrons. The van der Waals surface area contributed by atoms with Crippen molar-refractivity contribution in [2.45, 2.75) is 0 Å². The summed E-state index contributed by atoms with van der Waals surface area (Å²) in [5.41, 5.74) is 6.44. The first-order valence-corrected chi connectivity index (χ1v) is 11.8. The molecule has 6 aromatic carbocycles. The molecule has 0 spiro atoms. The average molecular weight is 455 g/mol. The highest BCUT2D eigenvalue weighted by atomic mass is 35.5. The Bertz CT molecular complexity index is 1820. The van der Waals surface area contributed by atoms with Crippen molar-refractivity contribution >= 4 is 55.1 Å². The summed E-state index contributed by atoms with van der Waals surface area (Å²) in [7, 11) is 0. The van der Waals surface area contributed by atoms with Crippen LogP contribution in [-0.4, -0.2) is 0 Å². The fourth-order valence-electron chi connectivity index (χ4n) is 5.36. The molecule has 0 aliphatic heterocycles. The van der Waals surface area contributed by atoms with Gasteiger partial charge in [0.05, 0.1) is 0 Å². The zero-order valence-electron chi connectivity index (χ0n) is 18.3. The first-order chi connectivity index (χ1) is 16.8. The lowest BCUT2D eigenvalue weighted by atomic mass is 9.85. The van der Waals surface area contributed by atoms with Crippen LogP contribution in [0.3, 0.4) is 0 Å². The lowest BCUT2D eigenvalue weighted by Gasteiger charge is -2.18. The largest absolute Gasteiger partial charge is 0.456 e. The van der Waals surface area contributed by atoms with Crippen molar-refractivity contribution in [1.29, 1.82) is 0 Å². The van der Waals surface area contributed by atoms with E-state index in [1.54, 1.807) is 0 Å². The summed E-state index contributed by atoms with van der Waals surface area (Å²) in [6, 6.07) is 40.0. The third-order valence-corrected chi connectivity index (χ3v) is 7.08. The van der Waals surface area contributed by atoms with Crippen LogP contribution >= 0.6 is 11.6 Å². The molecule has 160 valence electrons. The topological polar surface area (TPSA) is 13.1 Å². The van der Waals surface area contributed by atoms with Gasteiger partial charge in [-0.2, -0.15) is 0 Å². The molecule has 0 atom stereocenters. The minimum absolute atomic E-state index is 0.758. The Balaban J connectivity index is 1.72. The molecule has 0 aliphatic rings. The van der Waals surface area contributed by atoms with E-state index in [2.05, 4.69) is 91.0 Å². The Morgan fingerprint density at radius 1 is 0.412 bits per heavy atom. The molecule has 0 aliphatic carbocycles. The molecule has 0 unspecified atom stereocenters. The van der Waals surface area contributed by atoms with Crippen LogP contribution in [0.25, 0.3) is 65.7 Å². The lowest BCUT2D eigenvalue weighted by Crippen LogP contribution is -1.91. The summed E-state index contributed by atoms with van der Waals surface area (Å²) in [6.07, 6.45) is 0. The van der Waals surface area contributed by atoms with E-state index in [0.717, 1.165) is 32.5 Å². The monoisotopic (exact) mass is 454 g/mol. The van der Waals surface area contributed by atoms with Crippen LogP contribution in [0.1, 0.15) is 0 Å². The van der Waals surface area contributed by atoms with Crippen molar-refractivity contribution in [2.75, 3.05) is 0 Å². The molecule has 1 nitrogen and oxygen atoms in total. The van der Waals surface area contributed by atoms with Crippen LogP contribution < -0.4 is 0 Å². The van der Waals surface area contributed by atoms with Crippen LogP contribution in [0.4, 0.5) is 0 Å². The molecule has 0 saturated heterocycles. The van der Waals surface area contributed by atoms with Gasteiger partial charge in [0.1, 0.15) is 11.2 Å². The molecular weight excluding hydrogens is 436 g/mol. The van der Waals surface area contributed by atoms with Crippen LogP contribution in [0.15, 0.2) is 120 Å². The Kier molecular flexibility index (Phi) is 4.27. The molecule has 7 rings (SSSR count). The van der Waals surface area contributed by atoms with E-state index in [1.165, 1.54) is 38.2 Å². The van der Waals surface area contributed by atoms with E-state index in [-0.39, 0.29) is 0 Å². The Hall–Kier alpha value is -4.07. The number of halogens is 1. The van der Waals surface area contributed by atoms with Gasteiger partial charge >= 0.3 is 0 Å². The molecule has 34 heavy (non-hydrogen) atoms. The lowest BCUT2D eigenvalue weighted by molar-refractivity contribution is 0.669. The molecule has 1 aromatic heterocycles. The van der Waals surface area contributed by atoms with Gasteiger partial charge in [-0.25, -0.2) is 0 Å². The third-order valence-electron chi connectivity index (χ3n) is 6.75. The van der Waals surface area contributed by atoms with Crippen LogP contribution in [0.5, 0.6) is 0 Å². The molecule has 0 saturated carbocycles. The fourth-order valence-corrected chi connectivity index (χ4v) is 5.59. The maximum absolute atomic E-state index is 6.73. The van der Waals surface area contributed by atoms with Crippen molar-refractivity contribution in [1.82, 2.24) is 0 Å². The van der Waals surface area contributed by atoms with E-state index < -0.39 is 0 Å². The fraction of sp³-hybridized carbons (Fsp3) is 0. The van der Waals surface area contributed by atoms with Crippen LogP contribution in [-0.2, 0) is 0 Å². The number of furan rings is 1. The molecule has 7 aromatic rings. The molecule has 1 heterocycles. The zero-order chi connectivity index (χ0) is 22.6. The number of benzene rings is 6. The summed E-state index contributed by atoms with van der Waals surface area (Å²) in [5, 5.41) is 7.83. The van der Waals surface area contributed by atoms with E-state index in [1.807, 2.05) is 24.3 Å².